The number of hydrogen-bond donors (Lipinski definition) is 1. The Hall–Kier alpha value is -3.31. The highest BCUT2D eigenvalue weighted by Gasteiger charge is 2.39. The summed E-state index contributed by atoms with van der Waals surface area (Å²) in [5.41, 5.74) is -0.950. The molecule has 160 valence electrons. The van der Waals surface area contributed by atoms with Crippen LogP contribution in [0.15, 0.2) is 30.7 Å². The van der Waals surface area contributed by atoms with Crippen LogP contribution in [-0.2, 0) is 11.0 Å². The van der Waals surface area contributed by atoms with Crippen LogP contribution in [0.2, 0.25) is 0 Å². The third-order valence-corrected chi connectivity index (χ3v) is 4.45. The van der Waals surface area contributed by atoms with E-state index in [2.05, 4.69) is 20.3 Å². The largest absolute Gasteiger partial charge is 0.416 e. The number of amides is 3. The lowest BCUT2D eigenvalue weighted by Gasteiger charge is -2.22. The molecule has 0 aromatic carbocycles. The molecule has 0 aliphatic carbocycles. The van der Waals surface area contributed by atoms with E-state index in [0.29, 0.717) is 12.5 Å². The number of urea groups is 1. The molecule has 3 heterocycles. The van der Waals surface area contributed by atoms with Gasteiger partial charge in [0.1, 0.15) is 12.4 Å². The van der Waals surface area contributed by atoms with Crippen LogP contribution in [-0.4, -0.2) is 50.9 Å². The molecule has 8 nitrogen and oxygen atoms in total. The lowest BCUT2D eigenvalue weighted by Crippen LogP contribution is -2.41. The summed E-state index contributed by atoms with van der Waals surface area (Å²) in [6.45, 7) is 1.72. The molecule has 3 amide bonds. The molecule has 0 saturated carbocycles. The second-order valence-electron chi connectivity index (χ2n) is 6.64. The molecule has 30 heavy (non-hydrogen) atoms. The van der Waals surface area contributed by atoms with Crippen molar-refractivity contribution >= 4 is 23.7 Å². The van der Waals surface area contributed by atoms with Crippen molar-refractivity contribution in [3.05, 3.63) is 42.1 Å². The number of nitrogens with zero attached hydrogens (tertiary/aromatic N) is 5. The van der Waals surface area contributed by atoms with Crippen molar-refractivity contribution in [2.24, 2.45) is 0 Å². The molecule has 2 aromatic heterocycles. The Kier molecular flexibility index (Phi) is 6.13. The van der Waals surface area contributed by atoms with Crippen molar-refractivity contribution in [2.75, 3.05) is 23.3 Å². The standard InChI is InChI=1S/C18H18F4N6O2/c1-2-3-13-9-28(16-24-7-12(19)8-25-16)17(30)27(13)10-15(29)26-14-6-11(4-5-23-14)18(20,21)22/h4-8,13H,2-3,9-10H2,1H3,(H,23,26,29)/t13-/m0/s1. The van der Waals surface area contributed by atoms with Crippen LogP contribution in [0.3, 0.4) is 0 Å². The van der Waals surface area contributed by atoms with Crippen LogP contribution >= 0.6 is 0 Å². The Morgan fingerprint density at radius 3 is 2.60 bits per heavy atom. The van der Waals surface area contributed by atoms with Crippen molar-refractivity contribution in [3.8, 4) is 0 Å². The lowest BCUT2D eigenvalue weighted by molar-refractivity contribution is -0.137. The van der Waals surface area contributed by atoms with Crippen molar-refractivity contribution < 1.29 is 27.2 Å². The number of anilines is 2. The highest BCUT2D eigenvalue weighted by Crippen LogP contribution is 2.30. The van der Waals surface area contributed by atoms with E-state index in [0.717, 1.165) is 31.1 Å². The van der Waals surface area contributed by atoms with Gasteiger partial charge in [0.25, 0.3) is 0 Å². The zero-order chi connectivity index (χ0) is 21.9. The Labute approximate surface area is 168 Å². The first-order valence-corrected chi connectivity index (χ1v) is 9.07. The summed E-state index contributed by atoms with van der Waals surface area (Å²) in [6.07, 6.45) is -0.470. The number of hydrogen-bond acceptors (Lipinski definition) is 5. The van der Waals surface area contributed by atoms with Gasteiger partial charge in [0.2, 0.25) is 11.9 Å². The summed E-state index contributed by atoms with van der Waals surface area (Å²) in [6, 6.07) is 0.618. The lowest BCUT2D eigenvalue weighted by atomic mass is 10.1. The van der Waals surface area contributed by atoms with E-state index in [1.165, 1.54) is 9.80 Å². The van der Waals surface area contributed by atoms with Gasteiger partial charge in [-0.3, -0.25) is 9.69 Å². The van der Waals surface area contributed by atoms with Gasteiger partial charge in [-0.2, -0.15) is 13.2 Å². The molecule has 0 spiro atoms. The van der Waals surface area contributed by atoms with E-state index < -0.39 is 29.5 Å². The molecule has 1 fully saturated rings. The first-order chi connectivity index (χ1) is 14.2. The summed E-state index contributed by atoms with van der Waals surface area (Å²) in [7, 11) is 0. The van der Waals surface area contributed by atoms with Crippen molar-refractivity contribution in [3.63, 3.8) is 0 Å². The number of aromatic nitrogens is 3. The number of carbonyl (C=O) groups is 2. The van der Waals surface area contributed by atoms with E-state index in [1.54, 1.807) is 0 Å². The minimum Gasteiger partial charge on any atom is -0.310 e. The topological polar surface area (TPSA) is 91.3 Å². The van der Waals surface area contributed by atoms with Gasteiger partial charge in [0, 0.05) is 6.20 Å². The molecule has 2 aromatic rings. The Morgan fingerprint density at radius 2 is 1.97 bits per heavy atom. The van der Waals surface area contributed by atoms with Gasteiger partial charge in [-0.05, 0) is 18.6 Å². The average Bonchev–Trinajstić information content (AvgIpc) is 2.98. The number of pyridine rings is 1. The Balaban J connectivity index is 1.72. The van der Waals surface area contributed by atoms with Gasteiger partial charge in [0.05, 0.1) is 30.5 Å². The predicted molar refractivity (Wildman–Crippen MR) is 98.0 cm³/mol. The molecule has 0 unspecified atom stereocenters. The fraction of sp³-hybridized carbons (Fsp3) is 0.389. The molecule has 1 N–H and O–H groups in total. The highest BCUT2D eigenvalue weighted by molar-refractivity contribution is 5.98. The van der Waals surface area contributed by atoms with E-state index >= 15 is 0 Å². The number of carbonyl (C=O) groups excluding carboxylic acids is 2. The summed E-state index contributed by atoms with van der Waals surface area (Å²) in [5.74, 6) is -1.62. The van der Waals surface area contributed by atoms with Gasteiger partial charge >= 0.3 is 12.2 Å². The second-order valence-corrected chi connectivity index (χ2v) is 6.64. The van der Waals surface area contributed by atoms with Crippen LogP contribution in [0.1, 0.15) is 25.3 Å². The smallest absolute Gasteiger partial charge is 0.310 e. The highest BCUT2D eigenvalue weighted by atomic mass is 19.4. The normalized spacial score (nSPS) is 16.8. The third kappa shape index (κ3) is 4.81. The molecule has 1 aliphatic heterocycles. The van der Waals surface area contributed by atoms with Gasteiger partial charge in [0.15, 0.2) is 5.82 Å². The fourth-order valence-corrected chi connectivity index (χ4v) is 3.10. The van der Waals surface area contributed by atoms with E-state index in [-0.39, 0.29) is 30.9 Å². The average molecular weight is 426 g/mol. The molecule has 1 aliphatic rings. The van der Waals surface area contributed by atoms with Crippen molar-refractivity contribution in [1.82, 2.24) is 19.9 Å². The zero-order valence-corrected chi connectivity index (χ0v) is 15.9. The SMILES string of the molecule is CCC[C@H]1CN(c2ncc(F)cn2)C(=O)N1CC(=O)Nc1cc(C(F)(F)F)ccn1. The summed E-state index contributed by atoms with van der Waals surface area (Å²) in [4.78, 5) is 39.0. The maximum Gasteiger partial charge on any atom is 0.416 e. The first-order valence-electron chi connectivity index (χ1n) is 9.07. The maximum atomic E-state index is 13.1. The molecule has 0 radical (unpaired) electrons. The number of rotatable bonds is 6. The van der Waals surface area contributed by atoms with Crippen molar-refractivity contribution in [1.29, 1.82) is 0 Å². The van der Waals surface area contributed by atoms with Crippen LogP contribution in [0.25, 0.3) is 0 Å². The maximum absolute atomic E-state index is 13.1. The zero-order valence-electron chi connectivity index (χ0n) is 15.9. The Morgan fingerprint density at radius 1 is 1.27 bits per heavy atom. The molecule has 12 heteroatoms. The van der Waals surface area contributed by atoms with E-state index in [9.17, 15) is 27.2 Å². The summed E-state index contributed by atoms with van der Waals surface area (Å²) in [5, 5.41) is 2.28. The third-order valence-electron chi connectivity index (χ3n) is 4.45. The van der Waals surface area contributed by atoms with Gasteiger partial charge in [-0.25, -0.2) is 24.1 Å². The molecular weight excluding hydrogens is 408 g/mol. The number of nitrogens with one attached hydrogen (secondary N) is 1. The molecule has 1 atom stereocenters. The number of halogens is 4. The quantitative estimate of drug-likeness (QED) is 0.717. The van der Waals surface area contributed by atoms with Gasteiger partial charge < -0.3 is 10.2 Å². The second kappa shape index (κ2) is 8.59. The molecule has 1 saturated heterocycles. The van der Waals surface area contributed by atoms with Crippen molar-refractivity contribution in [2.45, 2.75) is 32.0 Å². The molecule has 0 bridgehead atoms. The summed E-state index contributed by atoms with van der Waals surface area (Å²) >= 11 is 0. The summed E-state index contributed by atoms with van der Waals surface area (Å²) < 4.78 is 51.5. The van der Waals surface area contributed by atoms with Crippen LogP contribution in [0, 0.1) is 5.82 Å². The molecular formula is C18H18F4N6O2. The van der Waals surface area contributed by atoms with E-state index in [4.69, 9.17) is 0 Å². The number of alkyl halides is 3. The molecule has 3 rings (SSSR count). The monoisotopic (exact) mass is 426 g/mol. The van der Waals surface area contributed by atoms with Gasteiger partial charge in [-0.15, -0.1) is 0 Å². The fourth-order valence-electron chi connectivity index (χ4n) is 3.10. The van der Waals surface area contributed by atoms with Crippen LogP contribution in [0.4, 0.5) is 34.1 Å². The van der Waals surface area contributed by atoms with Crippen LogP contribution < -0.4 is 10.2 Å². The minimum atomic E-state index is -4.57. The van der Waals surface area contributed by atoms with Crippen LogP contribution in [0.5, 0.6) is 0 Å². The first kappa shape index (κ1) is 21.4. The predicted octanol–water partition coefficient (Wildman–Crippen LogP) is 3.08. The van der Waals surface area contributed by atoms with E-state index in [1.807, 2.05) is 6.92 Å². The Bertz CT molecular complexity index is 922. The minimum absolute atomic E-state index is 0.00459. The van der Waals surface area contributed by atoms with Gasteiger partial charge in [-0.1, -0.05) is 13.3 Å².